The van der Waals surface area contributed by atoms with Gasteiger partial charge >= 0.3 is 5.97 Å². The van der Waals surface area contributed by atoms with Crippen LogP contribution in [0.3, 0.4) is 0 Å². The predicted octanol–water partition coefficient (Wildman–Crippen LogP) is 1.85. The van der Waals surface area contributed by atoms with Crippen LogP contribution in [0.5, 0.6) is 0 Å². The molecule has 17 heavy (non-hydrogen) atoms. The topological polar surface area (TPSA) is 70.1 Å². The van der Waals surface area contributed by atoms with Crippen LogP contribution in [-0.2, 0) is 4.74 Å². The van der Waals surface area contributed by atoms with Crippen LogP contribution in [0.15, 0.2) is 0 Å². The van der Waals surface area contributed by atoms with Gasteiger partial charge in [-0.05, 0) is 31.6 Å². The van der Waals surface area contributed by atoms with Gasteiger partial charge in [0.2, 0.25) is 0 Å². The van der Waals surface area contributed by atoms with Crippen molar-refractivity contribution in [3.8, 4) is 0 Å². The van der Waals surface area contributed by atoms with Gasteiger partial charge in [-0.15, -0.1) is 0 Å². The van der Waals surface area contributed by atoms with Crippen LogP contribution < -0.4 is 5.73 Å². The zero-order valence-corrected chi connectivity index (χ0v) is 9.98. The first-order valence-electron chi connectivity index (χ1n) is 6.18. The second-order valence-corrected chi connectivity index (χ2v) is 4.94. The van der Waals surface area contributed by atoms with E-state index in [2.05, 4.69) is 5.10 Å². The molecule has 2 saturated carbocycles. The predicted molar refractivity (Wildman–Crippen MR) is 62.8 cm³/mol. The number of carbonyl (C=O) groups is 1. The molecule has 0 aliphatic heterocycles. The average molecular weight is 235 g/mol. The summed E-state index contributed by atoms with van der Waals surface area (Å²) >= 11 is 0. The fraction of sp³-hybridized carbons (Fsp3) is 0.667. The number of carbonyl (C=O) groups excluding carboxylic acids is 1. The zero-order valence-electron chi connectivity index (χ0n) is 9.98. The Morgan fingerprint density at radius 2 is 2.12 bits per heavy atom. The van der Waals surface area contributed by atoms with Crippen LogP contribution in [0, 0.1) is 0 Å². The normalized spacial score (nSPS) is 20.1. The lowest BCUT2D eigenvalue weighted by molar-refractivity contribution is 0.0590. The van der Waals surface area contributed by atoms with Gasteiger partial charge in [0.25, 0.3) is 0 Å². The number of hydrogen-bond acceptors (Lipinski definition) is 4. The Kier molecular flexibility index (Phi) is 2.34. The molecule has 3 rings (SSSR count). The molecule has 0 saturated heterocycles. The van der Waals surface area contributed by atoms with Gasteiger partial charge in [0, 0.05) is 5.56 Å². The molecule has 2 aliphatic rings. The molecule has 0 radical (unpaired) electrons. The molecule has 0 amide bonds. The lowest BCUT2D eigenvalue weighted by Crippen LogP contribution is -2.15. The second-order valence-electron chi connectivity index (χ2n) is 4.94. The molecule has 5 heteroatoms. The van der Waals surface area contributed by atoms with Crippen molar-refractivity contribution in [1.29, 1.82) is 0 Å². The number of rotatable bonds is 3. The van der Waals surface area contributed by atoms with Crippen LogP contribution in [0.4, 0.5) is 5.82 Å². The lowest BCUT2D eigenvalue weighted by Gasteiger charge is -2.25. The summed E-state index contributed by atoms with van der Waals surface area (Å²) in [5.41, 5.74) is 7.50. The van der Waals surface area contributed by atoms with E-state index in [1.807, 2.05) is 4.68 Å². The Morgan fingerprint density at radius 3 is 2.59 bits per heavy atom. The number of aromatic nitrogens is 2. The van der Waals surface area contributed by atoms with Gasteiger partial charge in [0.15, 0.2) is 5.69 Å². The van der Waals surface area contributed by atoms with Gasteiger partial charge in [0.1, 0.15) is 5.82 Å². The van der Waals surface area contributed by atoms with Crippen molar-refractivity contribution in [2.45, 2.75) is 44.1 Å². The van der Waals surface area contributed by atoms with Gasteiger partial charge in [0.05, 0.1) is 13.2 Å². The summed E-state index contributed by atoms with van der Waals surface area (Å²) in [6, 6.07) is 0.396. The highest BCUT2D eigenvalue weighted by atomic mass is 16.5. The van der Waals surface area contributed by atoms with Crippen molar-refractivity contribution in [2.24, 2.45) is 0 Å². The van der Waals surface area contributed by atoms with E-state index in [1.165, 1.54) is 13.5 Å². The van der Waals surface area contributed by atoms with E-state index in [4.69, 9.17) is 10.5 Å². The molecule has 0 unspecified atom stereocenters. The molecule has 2 aliphatic carbocycles. The van der Waals surface area contributed by atoms with Gasteiger partial charge < -0.3 is 10.5 Å². The zero-order chi connectivity index (χ0) is 12.0. The minimum Gasteiger partial charge on any atom is -0.464 e. The Morgan fingerprint density at radius 1 is 1.41 bits per heavy atom. The van der Waals surface area contributed by atoms with E-state index >= 15 is 0 Å². The van der Waals surface area contributed by atoms with Gasteiger partial charge in [-0.2, -0.15) is 5.10 Å². The highest BCUT2D eigenvalue weighted by molar-refractivity contribution is 5.90. The average Bonchev–Trinajstić information content (AvgIpc) is 3.04. The standard InChI is InChI=1S/C12H17N3O2/c1-17-12(16)10-9(7-3-2-4-7)11(13)15(14-10)8-5-6-8/h7-8H,2-6,13H2,1H3. The largest absolute Gasteiger partial charge is 0.464 e. The third kappa shape index (κ3) is 1.61. The van der Waals surface area contributed by atoms with Crippen LogP contribution >= 0.6 is 0 Å². The molecular formula is C12H17N3O2. The number of nitrogens with zero attached hydrogens (tertiary/aromatic N) is 2. The van der Waals surface area contributed by atoms with Gasteiger partial charge in [-0.1, -0.05) is 6.42 Å². The molecule has 0 atom stereocenters. The first kappa shape index (κ1) is 10.6. The summed E-state index contributed by atoms with van der Waals surface area (Å²) in [5.74, 6) is 0.715. The van der Waals surface area contributed by atoms with E-state index in [-0.39, 0.29) is 5.97 Å². The third-order valence-corrected chi connectivity index (χ3v) is 3.77. The van der Waals surface area contributed by atoms with Crippen LogP contribution in [-0.4, -0.2) is 22.9 Å². The molecule has 5 nitrogen and oxygen atoms in total. The van der Waals surface area contributed by atoms with Gasteiger partial charge in [-0.25, -0.2) is 9.48 Å². The maximum Gasteiger partial charge on any atom is 0.358 e. The Hall–Kier alpha value is -1.52. The van der Waals surface area contributed by atoms with Crippen molar-refractivity contribution in [1.82, 2.24) is 9.78 Å². The van der Waals surface area contributed by atoms with E-state index in [9.17, 15) is 4.79 Å². The summed E-state index contributed by atoms with van der Waals surface area (Å²) in [6.45, 7) is 0. The molecule has 1 heterocycles. The maximum absolute atomic E-state index is 11.7. The van der Waals surface area contributed by atoms with E-state index in [1.54, 1.807) is 0 Å². The van der Waals surface area contributed by atoms with E-state index < -0.39 is 0 Å². The molecule has 2 N–H and O–H groups in total. The van der Waals surface area contributed by atoms with E-state index in [0.717, 1.165) is 31.2 Å². The summed E-state index contributed by atoms with van der Waals surface area (Å²) in [5, 5.41) is 4.36. The number of nitrogens with two attached hydrogens (primary N) is 1. The summed E-state index contributed by atoms with van der Waals surface area (Å²) in [7, 11) is 1.39. The Balaban J connectivity index is 2.04. The number of ether oxygens (including phenoxy) is 1. The maximum atomic E-state index is 11.7. The molecule has 92 valence electrons. The summed E-state index contributed by atoms with van der Waals surface area (Å²) < 4.78 is 6.61. The molecule has 2 fully saturated rings. The number of hydrogen-bond donors (Lipinski definition) is 1. The molecule has 0 aromatic carbocycles. The highest BCUT2D eigenvalue weighted by Crippen LogP contribution is 2.44. The quantitative estimate of drug-likeness (QED) is 0.812. The Labute approximate surface area is 99.9 Å². The summed E-state index contributed by atoms with van der Waals surface area (Å²) in [4.78, 5) is 11.7. The van der Waals surface area contributed by atoms with E-state index in [0.29, 0.717) is 23.5 Å². The number of nitrogen functional groups attached to an aromatic ring is 1. The monoisotopic (exact) mass is 235 g/mol. The molecule has 1 aromatic heterocycles. The van der Waals surface area contributed by atoms with Crippen molar-refractivity contribution in [2.75, 3.05) is 12.8 Å². The molecule has 0 spiro atoms. The van der Waals surface area contributed by atoms with Gasteiger partial charge in [-0.3, -0.25) is 0 Å². The fourth-order valence-electron chi connectivity index (χ4n) is 2.40. The number of esters is 1. The summed E-state index contributed by atoms with van der Waals surface area (Å²) in [6.07, 6.45) is 5.63. The molecular weight excluding hydrogens is 218 g/mol. The minimum atomic E-state index is -0.363. The lowest BCUT2D eigenvalue weighted by atomic mass is 9.79. The fourth-order valence-corrected chi connectivity index (χ4v) is 2.40. The Bertz CT molecular complexity index is 459. The molecule has 0 bridgehead atoms. The van der Waals surface area contributed by atoms with Crippen LogP contribution in [0.2, 0.25) is 0 Å². The van der Waals surface area contributed by atoms with Crippen molar-refractivity contribution >= 4 is 11.8 Å². The SMILES string of the molecule is COC(=O)c1nn(C2CC2)c(N)c1C1CCC1. The van der Waals surface area contributed by atoms with Crippen LogP contribution in [0.25, 0.3) is 0 Å². The van der Waals surface area contributed by atoms with Crippen molar-refractivity contribution < 1.29 is 9.53 Å². The number of anilines is 1. The minimum absolute atomic E-state index is 0.363. The highest BCUT2D eigenvalue weighted by Gasteiger charge is 2.35. The van der Waals surface area contributed by atoms with Crippen molar-refractivity contribution in [3.63, 3.8) is 0 Å². The van der Waals surface area contributed by atoms with Crippen molar-refractivity contribution in [3.05, 3.63) is 11.3 Å². The first-order valence-corrected chi connectivity index (χ1v) is 6.18. The third-order valence-electron chi connectivity index (χ3n) is 3.77. The molecule has 1 aromatic rings. The van der Waals surface area contributed by atoms with Crippen LogP contribution in [0.1, 0.15) is 60.1 Å². The second kappa shape index (κ2) is 3.75. The first-order chi connectivity index (χ1) is 8.22. The number of methoxy groups -OCH3 is 1. The smallest absolute Gasteiger partial charge is 0.358 e.